The Morgan fingerprint density at radius 2 is 1.94 bits per heavy atom. The summed E-state index contributed by atoms with van der Waals surface area (Å²) in [7, 11) is 1.60. The van der Waals surface area contributed by atoms with Crippen LogP contribution in [0.1, 0.15) is 45.7 Å². The van der Waals surface area contributed by atoms with Gasteiger partial charge in [0.2, 0.25) is 0 Å². The molecule has 1 aromatic carbocycles. The molecule has 10 nitrogen and oxygen atoms in total. The third-order valence-corrected chi connectivity index (χ3v) is 5.32. The van der Waals surface area contributed by atoms with Crippen LogP contribution >= 0.6 is 0 Å². The first-order valence-electron chi connectivity index (χ1n) is 11.2. The van der Waals surface area contributed by atoms with E-state index in [9.17, 15) is 19.7 Å². The van der Waals surface area contributed by atoms with E-state index in [2.05, 4.69) is 10.3 Å². The predicted molar refractivity (Wildman–Crippen MR) is 126 cm³/mol. The highest BCUT2D eigenvalue weighted by molar-refractivity contribution is 5.89. The lowest BCUT2D eigenvalue weighted by molar-refractivity contribution is -0.384. The van der Waals surface area contributed by atoms with Gasteiger partial charge in [0.1, 0.15) is 22.8 Å². The molecule has 1 aliphatic heterocycles. The molecule has 1 saturated heterocycles. The van der Waals surface area contributed by atoms with Gasteiger partial charge in [-0.25, -0.2) is 4.79 Å². The third-order valence-electron chi connectivity index (χ3n) is 5.32. The molecular formula is C24H30N4O6. The zero-order valence-electron chi connectivity index (χ0n) is 19.9. The van der Waals surface area contributed by atoms with Crippen LogP contribution in [0, 0.1) is 10.1 Å². The molecule has 1 fully saturated rings. The summed E-state index contributed by atoms with van der Waals surface area (Å²) in [5.74, 6) is 0.568. The normalized spacial score (nSPS) is 16.0. The van der Waals surface area contributed by atoms with E-state index in [1.165, 1.54) is 17.2 Å². The van der Waals surface area contributed by atoms with E-state index < -0.39 is 22.7 Å². The number of likely N-dealkylation sites (tertiary alicyclic amines) is 1. The van der Waals surface area contributed by atoms with Gasteiger partial charge < -0.3 is 14.8 Å². The third kappa shape index (κ3) is 6.43. The Labute approximate surface area is 198 Å². The van der Waals surface area contributed by atoms with Crippen molar-refractivity contribution in [2.45, 2.75) is 58.1 Å². The minimum Gasteiger partial charge on any atom is -0.457 e. The second-order valence-corrected chi connectivity index (χ2v) is 9.10. The molecule has 10 heteroatoms. The van der Waals surface area contributed by atoms with Crippen LogP contribution in [0.3, 0.4) is 0 Å². The molecule has 0 aliphatic carbocycles. The van der Waals surface area contributed by atoms with Gasteiger partial charge in [0.05, 0.1) is 29.1 Å². The van der Waals surface area contributed by atoms with Gasteiger partial charge in [-0.05, 0) is 58.2 Å². The number of benzene rings is 1. The zero-order valence-corrected chi connectivity index (χ0v) is 19.9. The van der Waals surface area contributed by atoms with Gasteiger partial charge >= 0.3 is 6.09 Å². The van der Waals surface area contributed by atoms with E-state index >= 15 is 0 Å². The fourth-order valence-electron chi connectivity index (χ4n) is 3.79. The second-order valence-electron chi connectivity index (χ2n) is 9.10. The van der Waals surface area contributed by atoms with Crippen molar-refractivity contribution >= 4 is 23.3 Å². The van der Waals surface area contributed by atoms with Crippen LogP contribution in [0.4, 0.5) is 16.2 Å². The molecule has 0 spiro atoms. The van der Waals surface area contributed by atoms with E-state index in [0.29, 0.717) is 30.1 Å². The first-order valence-corrected chi connectivity index (χ1v) is 11.2. The predicted octanol–water partition coefficient (Wildman–Crippen LogP) is 4.73. The summed E-state index contributed by atoms with van der Waals surface area (Å²) >= 11 is 0. The molecule has 1 amide bonds. The summed E-state index contributed by atoms with van der Waals surface area (Å²) in [5.41, 5.74) is 0.110. The number of ether oxygens (including phenoxy) is 2. The number of carbonyl (C=O) groups is 2. The van der Waals surface area contributed by atoms with Crippen LogP contribution in [0.25, 0.3) is 0 Å². The minimum absolute atomic E-state index is 0.0278. The monoisotopic (exact) mass is 470 g/mol. The van der Waals surface area contributed by atoms with E-state index in [1.807, 2.05) is 0 Å². The molecule has 34 heavy (non-hydrogen) atoms. The molecule has 2 heterocycles. The largest absolute Gasteiger partial charge is 0.457 e. The van der Waals surface area contributed by atoms with Crippen molar-refractivity contribution < 1.29 is 24.0 Å². The number of nitro benzene ring substituents is 1. The SMILES string of the molecule is CNc1ccc(Oc2ccnc(CC(=O)C3CCCCN3C(=O)OC(C)(C)C)c2)cc1[N+](=O)[O-]. The van der Waals surface area contributed by atoms with E-state index in [-0.39, 0.29) is 23.6 Å². The first-order chi connectivity index (χ1) is 16.1. The number of hydrogen-bond acceptors (Lipinski definition) is 8. The van der Waals surface area contributed by atoms with Gasteiger partial charge in [-0.15, -0.1) is 0 Å². The number of nitrogens with one attached hydrogen (secondary N) is 1. The number of amides is 1. The smallest absolute Gasteiger partial charge is 0.410 e. The number of Topliss-reactive ketones (excluding diaryl/α,β-unsaturated/α-hetero) is 1. The number of pyridine rings is 1. The number of nitro groups is 1. The summed E-state index contributed by atoms with van der Waals surface area (Å²) < 4.78 is 11.3. The van der Waals surface area contributed by atoms with Crippen molar-refractivity contribution in [2.75, 3.05) is 18.9 Å². The highest BCUT2D eigenvalue weighted by Crippen LogP contribution is 2.31. The Bertz CT molecular complexity index is 1070. The van der Waals surface area contributed by atoms with Crippen molar-refractivity contribution in [1.29, 1.82) is 0 Å². The van der Waals surface area contributed by atoms with Gasteiger partial charge in [-0.2, -0.15) is 0 Å². The van der Waals surface area contributed by atoms with Crippen LogP contribution < -0.4 is 10.1 Å². The fraction of sp³-hybridized carbons (Fsp3) is 0.458. The summed E-state index contributed by atoms with van der Waals surface area (Å²) in [6, 6.07) is 7.18. The molecule has 1 N–H and O–H groups in total. The van der Waals surface area contributed by atoms with Crippen molar-refractivity contribution in [3.05, 3.63) is 52.3 Å². The van der Waals surface area contributed by atoms with Crippen LogP contribution in [0.15, 0.2) is 36.5 Å². The average Bonchev–Trinajstić information content (AvgIpc) is 2.78. The second kappa shape index (κ2) is 10.5. The molecule has 0 radical (unpaired) electrons. The minimum atomic E-state index is -0.643. The van der Waals surface area contributed by atoms with Crippen molar-refractivity contribution in [2.24, 2.45) is 0 Å². The molecule has 1 unspecified atom stereocenters. The summed E-state index contributed by atoms with van der Waals surface area (Å²) in [6.45, 7) is 5.86. The Kier molecular flexibility index (Phi) is 7.70. The number of aromatic nitrogens is 1. The van der Waals surface area contributed by atoms with Crippen molar-refractivity contribution in [1.82, 2.24) is 9.88 Å². The van der Waals surface area contributed by atoms with Crippen molar-refractivity contribution in [3.8, 4) is 11.5 Å². The quantitative estimate of drug-likeness (QED) is 0.455. The van der Waals surface area contributed by atoms with Crippen LogP contribution in [-0.2, 0) is 16.0 Å². The average molecular weight is 471 g/mol. The van der Waals surface area contributed by atoms with Crippen LogP contribution in [-0.4, -0.2) is 51.9 Å². The van der Waals surface area contributed by atoms with Crippen LogP contribution in [0.2, 0.25) is 0 Å². The molecular weight excluding hydrogens is 440 g/mol. The maximum absolute atomic E-state index is 13.1. The number of carbonyl (C=O) groups excluding carboxylic acids is 2. The lowest BCUT2D eigenvalue weighted by atomic mass is 9.96. The van der Waals surface area contributed by atoms with E-state index in [4.69, 9.17) is 9.47 Å². The summed E-state index contributed by atoms with van der Waals surface area (Å²) in [5, 5.41) is 14.1. The van der Waals surface area contributed by atoms with Gasteiger partial charge in [0.25, 0.3) is 5.69 Å². The number of anilines is 1. The fourth-order valence-corrected chi connectivity index (χ4v) is 3.79. The molecule has 0 saturated carbocycles. The van der Waals surface area contributed by atoms with Gasteiger partial charge in [-0.3, -0.25) is 24.8 Å². The van der Waals surface area contributed by atoms with E-state index in [0.717, 1.165) is 12.8 Å². The number of ketones is 1. The maximum atomic E-state index is 13.1. The topological polar surface area (TPSA) is 124 Å². The Morgan fingerprint density at radius 3 is 2.62 bits per heavy atom. The number of nitrogens with zero attached hydrogens (tertiary/aromatic N) is 3. The Morgan fingerprint density at radius 1 is 1.21 bits per heavy atom. The zero-order chi connectivity index (χ0) is 24.9. The van der Waals surface area contributed by atoms with Gasteiger partial charge in [0, 0.05) is 25.9 Å². The Balaban J connectivity index is 1.72. The molecule has 2 aromatic rings. The maximum Gasteiger partial charge on any atom is 0.410 e. The Hall–Kier alpha value is -3.69. The molecule has 1 atom stereocenters. The lowest BCUT2D eigenvalue weighted by Gasteiger charge is -2.35. The highest BCUT2D eigenvalue weighted by atomic mass is 16.6. The van der Waals surface area contributed by atoms with Crippen molar-refractivity contribution in [3.63, 3.8) is 0 Å². The lowest BCUT2D eigenvalue weighted by Crippen LogP contribution is -2.50. The van der Waals surface area contributed by atoms with Crippen LogP contribution in [0.5, 0.6) is 11.5 Å². The van der Waals surface area contributed by atoms with Gasteiger partial charge in [0.15, 0.2) is 5.78 Å². The number of hydrogen-bond donors (Lipinski definition) is 1. The molecule has 0 bridgehead atoms. The number of piperidine rings is 1. The molecule has 1 aromatic heterocycles. The molecule has 3 rings (SSSR count). The number of rotatable bonds is 7. The summed E-state index contributed by atoms with van der Waals surface area (Å²) in [4.78, 5) is 42.3. The molecule has 1 aliphatic rings. The standard InChI is InChI=1S/C24H30N4O6/c1-24(2,3)34-23(30)27-12-6-5-7-20(27)22(29)14-16-13-18(10-11-26-16)33-17-8-9-19(25-4)21(15-17)28(31)32/h8-11,13,15,20,25H,5-7,12,14H2,1-4H3. The van der Waals surface area contributed by atoms with E-state index in [1.54, 1.807) is 52.1 Å². The first kappa shape index (κ1) is 24.9. The summed E-state index contributed by atoms with van der Waals surface area (Å²) in [6.07, 6.45) is 3.31. The molecule has 182 valence electrons. The highest BCUT2D eigenvalue weighted by Gasteiger charge is 2.34. The van der Waals surface area contributed by atoms with Gasteiger partial charge in [-0.1, -0.05) is 0 Å².